The number of hydrogen-bond acceptors (Lipinski definition) is 3. The van der Waals surface area contributed by atoms with Crippen LogP contribution in [-0.2, 0) is 11.2 Å². The summed E-state index contributed by atoms with van der Waals surface area (Å²) in [6.45, 7) is 4.94. The summed E-state index contributed by atoms with van der Waals surface area (Å²) < 4.78 is 0. The molecule has 1 aliphatic rings. The van der Waals surface area contributed by atoms with E-state index in [2.05, 4.69) is 6.92 Å². The van der Waals surface area contributed by atoms with Crippen LogP contribution in [0.2, 0.25) is 0 Å². The summed E-state index contributed by atoms with van der Waals surface area (Å²) in [5.41, 5.74) is -0.765. The van der Waals surface area contributed by atoms with Gasteiger partial charge in [-0.05, 0) is 37.8 Å². The Labute approximate surface area is 123 Å². The number of thiophene rings is 1. The van der Waals surface area contributed by atoms with E-state index < -0.39 is 11.4 Å². The predicted octanol–water partition coefficient (Wildman–Crippen LogP) is 3.03. The molecule has 1 N–H and O–H groups in total. The van der Waals surface area contributed by atoms with Crippen LogP contribution in [0.5, 0.6) is 0 Å². The molecule has 1 fully saturated rings. The van der Waals surface area contributed by atoms with Crippen molar-refractivity contribution >= 4 is 23.2 Å². The van der Waals surface area contributed by atoms with Crippen molar-refractivity contribution in [2.45, 2.75) is 39.5 Å². The molecular formula is C15H21NO3S. The topological polar surface area (TPSA) is 57.6 Å². The number of rotatable bonds is 4. The Balaban J connectivity index is 2.16. The Morgan fingerprint density at radius 3 is 2.70 bits per heavy atom. The molecule has 1 aromatic heterocycles. The van der Waals surface area contributed by atoms with Crippen molar-refractivity contribution in [1.82, 2.24) is 4.90 Å². The molecule has 110 valence electrons. The van der Waals surface area contributed by atoms with E-state index in [0.717, 1.165) is 17.7 Å². The van der Waals surface area contributed by atoms with E-state index in [9.17, 15) is 14.7 Å². The summed E-state index contributed by atoms with van der Waals surface area (Å²) in [6, 6.07) is 3.83. The minimum absolute atomic E-state index is 0.0199. The van der Waals surface area contributed by atoms with Gasteiger partial charge < -0.3 is 10.0 Å². The molecule has 2 heterocycles. The molecule has 1 atom stereocenters. The van der Waals surface area contributed by atoms with Crippen molar-refractivity contribution in [3.05, 3.63) is 21.9 Å². The highest BCUT2D eigenvalue weighted by Crippen LogP contribution is 2.34. The van der Waals surface area contributed by atoms with Crippen LogP contribution in [0.15, 0.2) is 12.1 Å². The first-order valence-corrected chi connectivity index (χ1v) is 7.95. The molecule has 5 heteroatoms. The SMILES string of the molecule is CCc1ccc(C(=O)N2CCCC(CC)(C(=O)O)C2)s1. The van der Waals surface area contributed by atoms with E-state index in [-0.39, 0.29) is 5.91 Å². The van der Waals surface area contributed by atoms with E-state index in [4.69, 9.17) is 0 Å². The van der Waals surface area contributed by atoms with Gasteiger partial charge in [-0.3, -0.25) is 9.59 Å². The summed E-state index contributed by atoms with van der Waals surface area (Å²) >= 11 is 1.51. The van der Waals surface area contributed by atoms with Crippen molar-refractivity contribution in [3.63, 3.8) is 0 Å². The molecule has 2 rings (SSSR count). The maximum Gasteiger partial charge on any atom is 0.311 e. The second-order valence-electron chi connectivity index (χ2n) is 5.39. The first-order chi connectivity index (χ1) is 9.52. The molecule has 20 heavy (non-hydrogen) atoms. The minimum atomic E-state index is -0.780. The van der Waals surface area contributed by atoms with Crippen LogP contribution in [-0.4, -0.2) is 35.0 Å². The fourth-order valence-corrected chi connectivity index (χ4v) is 3.67. The number of piperidine rings is 1. The zero-order valence-electron chi connectivity index (χ0n) is 12.0. The van der Waals surface area contributed by atoms with Gasteiger partial charge in [-0.25, -0.2) is 0 Å². The molecule has 0 radical (unpaired) electrons. The Morgan fingerprint density at radius 1 is 1.40 bits per heavy atom. The highest BCUT2D eigenvalue weighted by Gasteiger charge is 2.42. The Hall–Kier alpha value is -1.36. The standard InChI is InChI=1S/C15H21NO3S/c1-3-11-6-7-12(20-11)13(17)16-9-5-8-15(4-2,10-16)14(18)19/h6-7H,3-5,8-10H2,1-2H3,(H,18,19). The third-order valence-corrected chi connectivity index (χ3v) is 5.43. The molecule has 1 aliphatic heterocycles. The molecule has 0 aromatic carbocycles. The van der Waals surface area contributed by atoms with Gasteiger partial charge >= 0.3 is 5.97 Å². The van der Waals surface area contributed by atoms with Gasteiger partial charge in [0.05, 0.1) is 10.3 Å². The van der Waals surface area contributed by atoms with E-state index in [1.165, 1.54) is 16.2 Å². The van der Waals surface area contributed by atoms with Crippen LogP contribution < -0.4 is 0 Å². The Kier molecular flexibility index (Phi) is 4.48. The number of aryl methyl sites for hydroxylation is 1. The average Bonchev–Trinajstić information content (AvgIpc) is 2.95. The highest BCUT2D eigenvalue weighted by atomic mass is 32.1. The zero-order chi connectivity index (χ0) is 14.8. The number of carbonyl (C=O) groups is 2. The van der Waals surface area contributed by atoms with Gasteiger partial charge in [-0.2, -0.15) is 0 Å². The second-order valence-corrected chi connectivity index (χ2v) is 6.56. The number of carbonyl (C=O) groups excluding carboxylic acids is 1. The minimum Gasteiger partial charge on any atom is -0.481 e. The lowest BCUT2D eigenvalue weighted by Gasteiger charge is -2.39. The molecule has 1 saturated heterocycles. The lowest BCUT2D eigenvalue weighted by Crippen LogP contribution is -2.49. The Morgan fingerprint density at radius 2 is 2.15 bits per heavy atom. The monoisotopic (exact) mass is 295 g/mol. The number of carboxylic acids is 1. The fraction of sp³-hybridized carbons (Fsp3) is 0.600. The van der Waals surface area contributed by atoms with E-state index in [1.54, 1.807) is 4.90 Å². The van der Waals surface area contributed by atoms with Gasteiger partial charge in [0, 0.05) is 18.0 Å². The van der Waals surface area contributed by atoms with Crippen molar-refractivity contribution in [2.75, 3.05) is 13.1 Å². The number of hydrogen-bond donors (Lipinski definition) is 1. The van der Waals surface area contributed by atoms with Crippen LogP contribution in [0.4, 0.5) is 0 Å². The molecule has 1 amide bonds. The summed E-state index contributed by atoms with van der Waals surface area (Å²) in [7, 11) is 0. The Bertz CT molecular complexity index is 511. The van der Waals surface area contributed by atoms with E-state index in [0.29, 0.717) is 25.9 Å². The van der Waals surface area contributed by atoms with Gasteiger partial charge in [0.15, 0.2) is 0 Å². The zero-order valence-corrected chi connectivity index (χ0v) is 12.8. The van der Waals surface area contributed by atoms with Gasteiger partial charge in [0.1, 0.15) is 0 Å². The first kappa shape index (κ1) is 15.0. The molecule has 0 bridgehead atoms. The fourth-order valence-electron chi connectivity index (χ4n) is 2.76. The number of nitrogens with zero attached hydrogens (tertiary/aromatic N) is 1. The third kappa shape index (κ3) is 2.73. The van der Waals surface area contributed by atoms with Gasteiger partial charge in [0.2, 0.25) is 0 Å². The molecular weight excluding hydrogens is 274 g/mol. The predicted molar refractivity (Wildman–Crippen MR) is 79.2 cm³/mol. The third-order valence-electron chi connectivity index (χ3n) is 4.22. The van der Waals surface area contributed by atoms with Crippen LogP contribution >= 0.6 is 11.3 Å². The van der Waals surface area contributed by atoms with E-state index in [1.807, 2.05) is 19.1 Å². The summed E-state index contributed by atoms with van der Waals surface area (Å²) in [5.74, 6) is -0.800. The summed E-state index contributed by atoms with van der Waals surface area (Å²) in [4.78, 5) is 27.6. The quantitative estimate of drug-likeness (QED) is 0.929. The largest absolute Gasteiger partial charge is 0.481 e. The maximum atomic E-state index is 12.5. The van der Waals surface area contributed by atoms with Gasteiger partial charge in [-0.1, -0.05) is 13.8 Å². The summed E-state index contributed by atoms with van der Waals surface area (Å²) in [6.07, 6.45) is 2.91. The van der Waals surface area contributed by atoms with Gasteiger partial charge in [0.25, 0.3) is 5.91 Å². The van der Waals surface area contributed by atoms with Crippen LogP contribution in [0.1, 0.15) is 47.7 Å². The van der Waals surface area contributed by atoms with Crippen molar-refractivity contribution < 1.29 is 14.7 Å². The molecule has 4 nitrogen and oxygen atoms in total. The van der Waals surface area contributed by atoms with Crippen LogP contribution in [0.25, 0.3) is 0 Å². The number of likely N-dealkylation sites (tertiary alicyclic amines) is 1. The molecule has 1 aromatic rings. The lowest BCUT2D eigenvalue weighted by molar-refractivity contribution is -0.152. The van der Waals surface area contributed by atoms with Crippen molar-refractivity contribution in [1.29, 1.82) is 0 Å². The summed E-state index contributed by atoms with van der Waals surface area (Å²) in [5, 5.41) is 9.47. The van der Waals surface area contributed by atoms with Crippen molar-refractivity contribution in [2.24, 2.45) is 5.41 Å². The van der Waals surface area contributed by atoms with Gasteiger partial charge in [-0.15, -0.1) is 11.3 Å². The smallest absolute Gasteiger partial charge is 0.311 e. The molecule has 0 aliphatic carbocycles. The number of aliphatic carboxylic acids is 1. The molecule has 1 unspecified atom stereocenters. The number of carboxylic acid groups (broad SMARTS) is 1. The first-order valence-electron chi connectivity index (χ1n) is 7.14. The van der Waals surface area contributed by atoms with E-state index >= 15 is 0 Å². The average molecular weight is 295 g/mol. The molecule has 0 spiro atoms. The van der Waals surface area contributed by atoms with Crippen LogP contribution in [0.3, 0.4) is 0 Å². The van der Waals surface area contributed by atoms with Crippen molar-refractivity contribution in [3.8, 4) is 0 Å². The maximum absolute atomic E-state index is 12.5. The number of amides is 1. The normalized spacial score (nSPS) is 22.8. The second kappa shape index (κ2) is 5.95. The highest BCUT2D eigenvalue weighted by molar-refractivity contribution is 7.14. The lowest BCUT2D eigenvalue weighted by atomic mass is 9.77. The molecule has 0 saturated carbocycles. The van der Waals surface area contributed by atoms with Crippen LogP contribution in [0, 0.1) is 5.41 Å².